The minimum atomic E-state index is -1.25. The van der Waals surface area contributed by atoms with E-state index in [0.717, 1.165) is 0 Å². The Balaban J connectivity index is 3.28. The van der Waals surface area contributed by atoms with Crippen LogP contribution in [0.15, 0.2) is 36.9 Å². The van der Waals surface area contributed by atoms with Crippen molar-refractivity contribution in [1.29, 1.82) is 0 Å². The summed E-state index contributed by atoms with van der Waals surface area (Å²) in [7, 11) is 0. The number of carboxylic acid groups (broad SMARTS) is 1. The number of carbonyl (C=O) groups is 6. The summed E-state index contributed by atoms with van der Waals surface area (Å²) in [6, 6.07) is -0.687. The molecule has 0 fully saturated rings. The molecular weight excluding hydrogens is 660 g/mol. The highest BCUT2D eigenvalue weighted by Crippen LogP contribution is 2.13. The molecule has 0 saturated carbocycles. The number of carboxylic acids is 1. The lowest BCUT2D eigenvalue weighted by Crippen LogP contribution is -2.59. The number of aliphatic carboxylic acids is 1. The molecule has 16 heteroatoms. The first-order chi connectivity index (χ1) is 24.3. The van der Waals surface area contributed by atoms with E-state index in [1.165, 1.54) is 25.1 Å². The van der Waals surface area contributed by atoms with E-state index < -0.39 is 71.8 Å². The normalized spacial score (nSPS) is 14.5. The maximum absolute atomic E-state index is 13.7. The van der Waals surface area contributed by atoms with Crippen molar-refractivity contribution in [2.45, 2.75) is 121 Å². The molecule has 0 radical (unpaired) electrons. The van der Waals surface area contributed by atoms with Gasteiger partial charge in [0.2, 0.25) is 29.5 Å². The second-order valence-electron chi connectivity index (χ2n) is 12.5. The minimum absolute atomic E-state index is 0.00522. The molecule has 1 aromatic rings. The summed E-state index contributed by atoms with van der Waals surface area (Å²) in [6.07, 6.45) is 5.35. The number of phenols is 1. The third kappa shape index (κ3) is 17.3. The van der Waals surface area contributed by atoms with Crippen molar-refractivity contribution >= 4 is 35.5 Å². The van der Waals surface area contributed by atoms with Crippen LogP contribution in [0.5, 0.6) is 5.75 Å². The van der Waals surface area contributed by atoms with Crippen molar-refractivity contribution < 1.29 is 39.0 Å². The molecule has 0 aliphatic carbocycles. The molecule has 6 atom stereocenters. The fraction of sp³-hybridized carbons (Fsp3) is 0.600. The van der Waals surface area contributed by atoms with Crippen molar-refractivity contribution in [1.82, 2.24) is 26.6 Å². The topological polar surface area (TPSA) is 281 Å². The molecule has 13 N–H and O–H groups in total. The largest absolute Gasteiger partial charge is 0.508 e. The lowest BCUT2D eigenvalue weighted by molar-refractivity contribution is -0.142. The van der Waals surface area contributed by atoms with Crippen LogP contribution in [0.25, 0.3) is 0 Å². The Morgan fingerprint density at radius 2 is 1.12 bits per heavy atom. The molecule has 51 heavy (non-hydrogen) atoms. The molecule has 16 nitrogen and oxygen atoms in total. The number of unbranched alkanes of at least 4 members (excludes halogenated alkanes) is 3. The number of hydrogen-bond donors (Lipinski definition) is 10. The maximum atomic E-state index is 13.7. The molecule has 0 aliphatic heterocycles. The van der Waals surface area contributed by atoms with E-state index in [4.69, 9.17) is 17.2 Å². The van der Waals surface area contributed by atoms with Crippen molar-refractivity contribution in [2.75, 3.05) is 13.1 Å². The molecule has 0 aliphatic rings. The van der Waals surface area contributed by atoms with Gasteiger partial charge in [-0.15, -0.1) is 6.58 Å². The summed E-state index contributed by atoms with van der Waals surface area (Å²) in [5, 5.41) is 32.5. The SMILES string of the molecule is C=CC[C@H](NC(=O)[C@H](CCCCN)NC(=O)[C@H](CCCCN)NC(=O)[C@H](C)N)C(=O)N[C@@H](Cc1ccc(O)cc1)C(=O)N[C@@H](CCCC)C(=O)O. The first-order valence-corrected chi connectivity index (χ1v) is 17.6. The van der Waals surface area contributed by atoms with Gasteiger partial charge in [0.05, 0.1) is 6.04 Å². The quantitative estimate of drug-likeness (QED) is 0.0443. The highest BCUT2D eigenvalue weighted by Gasteiger charge is 2.32. The van der Waals surface area contributed by atoms with Gasteiger partial charge in [-0.05, 0) is 89.1 Å². The van der Waals surface area contributed by atoms with E-state index >= 15 is 0 Å². The summed E-state index contributed by atoms with van der Waals surface area (Å²) in [5.41, 5.74) is 17.5. The average Bonchev–Trinajstić information content (AvgIpc) is 3.09. The minimum Gasteiger partial charge on any atom is -0.508 e. The lowest BCUT2D eigenvalue weighted by Gasteiger charge is -2.27. The monoisotopic (exact) mass is 718 g/mol. The fourth-order valence-electron chi connectivity index (χ4n) is 5.06. The number of hydrogen-bond acceptors (Lipinski definition) is 10. The first kappa shape index (κ1) is 44.5. The highest BCUT2D eigenvalue weighted by atomic mass is 16.4. The Morgan fingerprint density at radius 1 is 0.686 bits per heavy atom. The van der Waals surface area contributed by atoms with Gasteiger partial charge in [-0.1, -0.05) is 38.0 Å². The zero-order valence-electron chi connectivity index (χ0n) is 29.8. The van der Waals surface area contributed by atoms with Crippen LogP contribution in [0.1, 0.15) is 83.6 Å². The molecule has 1 rings (SSSR count). The Hall–Kier alpha value is -4.54. The number of aromatic hydroxyl groups is 1. The second-order valence-corrected chi connectivity index (χ2v) is 12.5. The highest BCUT2D eigenvalue weighted by molar-refractivity contribution is 5.96. The van der Waals surface area contributed by atoms with Crippen molar-refractivity contribution in [2.24, 2.45) is 17.2 Å². The Labute approximate surface area is 300 Å². The summed E-state index contributed by atoms with van der Waals surface area (Å²) < 4.78 is 0. The van der Waals surface area contributed by atoms with Crippen LogP contribution in [0.2, 0.25) is 0 Å². The van der Waals surface area contributed by atoms with Crippen molar-refractivity contribution in [3.05, 3.63) is 42.5 Å². The zero-order valence-corrected chi connectivity index (χ0v) is 29.8. The maximum Gasteiger partial charge on any atom is 0.326 e. The predicted octanol–water partition coefficient (Wildman–Crippen LogP) is -0.185. The summed E-state index contributed by atoms with van der Waals surface area (Å²) in [6.45, 7) is 7.79. The summed E-state index contributed by atoms with van der Waals surface area (Å²) in [4.78, 5) is 78.4. The van der Waals surface area contributed by atoms with Gasteiger partial charge in [0, 0.05) is 6.42 Å². The van der Waals surface area contributed by atoms with Gasteiger partial charge in [0.15, 0.2) is 0 Å². The molecule has 0 spiro atoms. The van der Waals surface area contributed by atoms with E-state index in [1.807, 2.05) is 6.92 Å². The zero-order chi connectivity index (χ0) is 38.3. The van der Waals surface area contributed by atoms with E-state index in [1.54, 1.807) is 12.1 Å². The lowest BCUT2D eigenvalue weighted by atomic mass is 10.0. The first-order valence-electron chi connectivity index (χ1n) is 17.6. The van der Waals surface area contributed by atoms with Crippen LogP contribution < -0.4 is 43.8 Å². The molecule has 0 aromatic heterocycles. The van der Waals surface area contributed by atoms with Gasteiger partial charge in [0.1, 0.15) is 36.0 Å². The van der Waals surface area contributed by atoms with Gasteiger partial charge in [-0.25, -0.2) is 4.79 Å². The van der Waals surface area contributed by atoms with Crippen molar-refractivity contribution in [3.8, 4) is 5.75 Å². The predicted molar refractivity (Wildman–Crippen MR) is 193 cm³/mol. The molecule has 0 bridgehead atoms. The van der Waals surface area contributed by atoms with E-state index in [2.05, 4.69) is 33.2 Å². The van der Waals surface area contributed by atoms with Crippen molar-refractivity contribution in [3.63, 3.8) is 0 Å². The second kappa shape index (κ2) is 24.6. The third-order valence-corrected chi connectivity index (χ3v) is 8.08. The van der Waals surface area contributed by atoms with Gasteiger partial charge >= 0.3 is 5.97 Å². The molecule has 1 aromatic carbocycles. The number of benzene rings is 1. The fourth-order valence-corrected chi connectivity index (χ4v) is 5.06. The smallest absolute Gasteiger partial charge is 0.326 e. The number of amides is 5. The number of nitrogens with one attached hydrogen (secondary N) is 5. The number of phenolic OH excluding ortho intramolecular Hbond substituents is 1. The standard InChI is InChI=1S/C35H58N8O8/c1-4-6-12-28(35(50)51)42-34(49)29(21-23-15-17-24(44)18-16-23)43-31(46)25(11-5-2)40-33(48)27(14-8-10-20-37)41-32(47)26(13-7-9-19-36)39-30(45)22(3)38/h5,15-18,22,25-29,44H,2,4,6-14,19-21,36-38H2,1,3H3,(H,39,45)(H,40,48)(H,41,47)(H,42,49)(H,43,46)(H,50,51)/t22-,25-,26-,27-,28-,29-/m0/s1. The number of rotatable bonds is 26. The third-order valence-electron chi connectivity index (χ3n) is 8.08. The van der Waals surface area contributed by atoms with Crippen LogP contribution >= 0.6 is 0 Å². The molecule has 0 heterocycles. The molecule has 5 amide bonds. The van der Waals surface area contributed by atoms with Crippen LogP contribution in [0.4, 0.5) is 0 Å². The van der Waals surface area contributed by atoms with Gasteiger partial charge < -0.3 is 54.0 Å². The summed E-state index contributed by atoms with van der Waals surface area (Å²) >= 11 is 0. The Bertz CT molecular complexity index is 1280. The van der Waals surface area contributed by atoms with E-state index in [0.29, 0.717) is 57.2 Å². The van der Waals surface area contributed by atoms with Gasteiger partial charge in [-0.3, -0.25) is 24.0 Å². The number of nitrogens with two attached hydrogens (primary N) is 3. The average molecular weight is 719 g/mol. The van der Waals surface area contributed by atoms with Gasteiger partial charge in [0.25, 0.3) is 0 Å². The Morgan fingerprint density at radius 3 is 1.59 bits per heavy atom. The van der Waals surface area contributed by atoms with E-state index in [9.17, 15) is 39.0 Å². The van der Waals surface area contributed by atoms with Crippen LogP contribution in [-0.4, -0.2) is 95.1 Å². The molecule has 286 valence electrons. The molecular formula is C35H58N8O8. The van der Waals surface area contributed by atoms with E-state index in [-0.39, 0.29) is 37.9 Å². The molecule has 0 saturated heterocycles. The van der Waals surface area contributed by atoms with Crippen LogP contribution in [0, 0.1) is 0 Å². The van der Waals surface area contributed by atoms with Crippen LogP contribution in [0.3, 0.4) is 0 Å². The molecule has 0 unspecified atom stereocenters. The number of carbonyl (C=O) groups excluding carboxylic acids is 5. The Kier molecular flexibility index (Phi) is 21.4. The summed E-state index contributed by atoms with van der Waals surface area (Å²) in [5.74, 6) is -4.56. The van der Waals surface area contributed by atoms with Gasteiger partial charge in [-0.2, -0.15) is 0 Å². The van der Waals surface area contributed by atoms with Crippen LogP contribution in [-0.2, 0) is 35.2 Å².